The third-order valence-corrected chi connectivity index (χ3v) is 9.00. The van der Waals surface area contributed by atoms with Gasteiger partial charge in [0.2, 0.25) is 17.7 Å². The molecule has 4 amide bonds. The van der Waals surface area contributed by atoms with Crippen molar-refractivity contribution in [3.05, 3.63) is 89.1 Å². The van der Waals surface area contributed by atoms with E-state index in [1.165, 1.54) is 0 Å². The fourth-order valence-electron chi connectivity index (χ4n) is 6.25. The Hall–Kier alpha value is -4.77. The van der Waals surface area contributed by atoms with Gasteiger partial charge in [0, 0.05) is 38.1 Å². The molecule has 1 saturated heterocycles. The zero-order chi connectivity index (χ0) is 34.5. The van der Waals surface area contributed by atoms with Gasteiger partial charge < -0.3 is 30.5 Å². The van der Waals surface area contributed by atoms with Crippen molar-refractivity contribution in [3.8, 4) is 0 Å². The number of nitrogens with zero attached hydrogens (tertiary/aromatic N) is 3. The van der Waals surface area contributed by atoms with Crippen LogP contribution in [-0.4, -0.2) is 71.9 Å². The van der Waals surface area contributed by atoms with Gasteiger partial charge in [0.15, 0.2) is 0 Å². The minimum atomic E-state index is -0.710. The Labute approximate surface area is 283 Å². The van der Waals surface area contributed by atoms with Crippen LogP contribution in [0.1, 0.15) is 62.3 Å². The molecule has 2 heterocycles. The van der Waals surface area contributed by atoms with Crippen LogP contribution in [-0.2, 0) is 45.1 Å². The van der Waals surface area contributed by atoms with E-state index in [1.807, 2.05) is 63.4 Å². The van der Waals surface area contributed by atoms with Gasteiger partial charge in [0.25, 0.3) is 0 Å². The molecule has 256 valence electrons. The number of amides is 4. The molecule has 11 heteroatoms. The Bertz CT molecular complexity index is 1550. The second-order valence-electron chi connectivity index (χ2n) is 12.1. The molecule has 2 aromatic carbocycles. The smallest absolute Gasteiger partial charge is 0.409 e. The van der Waals surface area contributed by atoms with Crippen LogP contribution in [0.25, 0.3) is 0 Å². The number of aromatic nitrogens is 1. The molecule has 0 saturated carbocycles. The zero-order valence-electron chi connectivity index (χ0n) is 28.5. The molecule has 48 heavy (non-hydrogen) atoms. The molecular weight excluding hydrogens is 608 g/mol. The lowest BCUT2D eigenvalue weighted by molar-refractivity contribution is -0.148. The van der Waals surface area contributed by atoms with Gasteiger partial charge in [-0.2, -0.15) is 0 Å². The van der Waals surface area contributed by atoms with Gasteiger partial charge in [-0.15, -0.1) is 0 Å². The fraction of sp³-hybridized carbons (Fsp3) is 0.432. The average Bonchev–Trinajstić information content (AvgIpc) is 3.09. The standard InChI is InChI=1S/C37H48N6O5/c1-5-27-15-16-31(22-30(27)23-33(44)41-32-14-10-11-19-39-32)40-34(45)26-43(25-29-13-9-8-12-28(29)24-38-4)35(46)37(6-2)17-20-42(21-18-37)36(47)48-7-3/h8-16,19,22,38H,5-7,17-18,20-21,23-26H2,1-4H3,(H,40,45)(H,39,41,44). The molecule has 1 fully saturated rings. The maximum atomic E-state index is 14.5. The van der Waals surface area contributed by atoms with Crippen LogP contribution >= 0.6 is 0 Å². The van der Waals surface area contributed by atoms with E-state index in [4.69, 9.17) is 4.74 Å². The van der Waals surface area contributed by atoms with Crippen molar-refractivity contribution in [2.45, 2.75) is 66.0 Å². The number of anilines is 2. The second-order valence-corrected chi connectivity index (χ2v) is 12.1. The lowest BCUT2D eigenvalue weighted by Gasteiger charge is -2.42. The molecule has 11 nitrogen and oxygen atoms in total. The first kappa shape index (κ1) is 36.1. The largest absolute Gasteiger partial charge is 0.450 e. The number of ether oxygens (including phenoxy) is 1. The maximum Gasteiger partial charge on any atom is 0.409 e. The summed E-state index contributed by atoms with van der Waals surface area (Å²) in [5.41, 5.74) is 3.64. The van der Waals surface area contributed by atoms with E-state index < -0.39 is 5.41 Å². The average molecular weight is 657 g/mol. The number of rotatable bonds is 14. The first-order valence-corrected chi connectivity index (χ1v) is 16.8. The summed E-state index contributed by atoms with van der Waals surface area (Å²) in [6, 6.07) is 18.8. The molecule has 1 aliphatic heterocycles. The molecule has 1 aromatic heterocycles. The lowest BCUT2D eigenvalue weighted by atomic mass is 9.74. The Balaban J connectivity index is 1.53. The molecule has 0 bridgehead atoms. The number of hydrogen-bond donors (Lipinski definition) is 3. The molecule has 0 radical (unpaired) electrons. The van der Waals surface area contributed by atoms with Crippen molar-refractivity contribution in [1.82, 2.24) is 20.1 Å². The van der Waals surface area contributed by atoms with Gasteiger partial charge >= 0.3 is 6.09 Å². The second kappa shape index (κ2) is 17.4. The molecule has 0 spiro atoms. The molecule has 0 atom stereocenters. The number of benzene rings is 2. The first-order valence-electron chi connectivity index (χ1n) is 16.8. The number of carbonyl (C=O) groups is 4. The quantitative estimate of drug-likeness (QED) is 0.218. The molecule has 1 aliphatic rings. The van der Waals surface area contributed by atoms with Crippen molar-refractivity contribution < 1.29 is 23.9 Å². The predicted molar refractivity (Wildman–Crippen MR) is 186 cm³/mol. The number of nitrogens with one attached hydrogen (secondary N) is 3. The predicted octanol–water partition coefficient (Wildman–Crippen LogP) is 5.16. The van der Waals surface area contributed by atoms with Gasteiger partial charge in [0.1, 0.15) is 12.4 Å². The van der Waals surface area contributed by atoms with Crippen LogP contribution in [0.15, 0.2) is 66.9 Å². The Morgan fingerprint density at radius 2 is 1.60 bits per heavy atom. The van der Waals surface area contributed by atoms with Gasteiger partial charge in [-0.25, -0.2) is 9.78 Å². The van der Waals surface area contributed by atoms with Gasteiger partial charge in [-0.05, 0) is 86.2 Å². The van der Waals surface area contributed by atoms with E-state index in [1.54, 1.807) is 41.1 Å². The van der Waals surface area contributed by atoms with Gasteiger partial charge in [0.05, 0.1) is 18.4 Å². The normalized spacial score (nSPS) is 13.8. The maximum absolute atomic E-state index is 14.5. The monoisotopic (exact) mass is 656 g/mol. The van der Waals surface area contributed by atoms with Crippen LogP contribution < -0.4 is 16.0 Å². The van der Waals surface area contributed by atoms with Gasteiger partial charge in [-0.3, -0.25) is 14.4 Å². The SMILES string of the molecule is CCOC(=O)N1CCC(CC)(C(=O)N(CC(=O)Nc2ccc(CC)c(CC(=O)Nc3ccccn3)c2)Cc2ccccc2CNC)CC1. The van der Waals surface area contributed by atoms with Crippen molar-refractivity contribution in [1.29, 1.82) is 0 Å². The number of aryl methyl sites for hydroxylation is 1. The molecular formula is C37H48N6O5. The van der Waals surface area contributed by atoms with Crippen LogP contribution in [0.5, 0.6) is 0 Å². The summed E-state index contributed by atoms with van der Waals surface area (Å²) in [6.45, 7) is 7.64. The minimum absolute atomic E-state index is 0.101. The zero-order valence-corrected chi connectivity index (χ0v) is 28.5. The number of piperidine rings is 1. The van der Waals surface area contributed by atoms with E-state index in [9.17, 15) is 19.2 Å². The van der Waals surface area contributed by atoms with Crippen molar-refractivity contribution in [3.63, 3.8) is 0 Å². The van der Waals surface area contributed by atoms with Crippen molar-refractivity contribution >= 4 is 35.3 Å². The first-order chi connectivity index (χ1) is 23.2. The van der Waals surface area contributed by atoms with Crippen LogP contribution in [0.2, 0.25) is 0 Å². The lowest BCUT2D eigenvalue weighted by Crippen LogP contribution is -2.52. The summed E-state index contributed by atoms with van der Waals surface area (Å²) >= 11 is 0. The summed E-state index contributed by atoms with van der Waals surface area (Å²) < 4.78 is 5.19. The van der Waals surface area contributed by atoms with Crippen LogP contribution in [0.4, 0.5) is 16.3 Å². The van der Waals surface area contributed by atoms with Crippen LogP contribution in [0, 0.1) is 5.41 Å². The summed E-state index contributed by atoms with van der Waals surface area (Å²) in [6.07, 6.45) is 3.65. The molecule has 0 aliphatic carbocycles. The summed E-state index contributed by atoms with van der Waals surface area (Å²) in [5.74, 6) is -0.167. The Kier molecular flexibility index (Phi) is 13.1. The number of pyridine rings is 1. The highest BCUT2D eigenvalue weighted by atomic mass is 16.6. The molecule has 3 N–H and O–H groups in total. The summed E-state index contributed by atoms with van der Waals surface area (Å²) in [5, 5.41) is 8.98. The van der Waals surface area contributed by atoms with E-state index >= 15 is 0 Å². The third-order valence-electron chi connectivity index (χ3n) is 9.00. The number of carbonyl (C=O) groups excluding carboxylic acids is 4. The van der Waals surface area contributed by atoms with Crippen molar-refractivity contribution in [2.24, 2.45) is 5.41 Å². The summed E-state index contributed by atoms with van der Waals surface area (Å²) in [4.78, 5) is 60.8. The Morgan fingerprint density at radius 3 is 2.25 bits per heavy atom. The van der Waals surface area contributed by atoms with E-state index in [-0.39, 0.29) is 43.3 Å². The fourth-order valence-corrected chi connectivity index (χ4v) is 6.25. The van der Waals surface area contributed by atoms with E-state index in [0.29, 0.717) is 57.0 Å². The highest BCUT2D eigenvalue weighted by Crippen LogP contribution is 2.38. The van der Waals surface area contributed by atoms with Gasteiger partial charge in [-0.1, -0.05) is 50.2 Å². The minimum Gasteiger partial charge on any atom is -0.450 e. The van der Waals surface area contributed by atoms with E-state index in [0.717, 1.165) is 28.7 Å². The van der Waals surface area contributed by atoms with E-state index in [2.05, 4.69) is 20.9 Å². The highest BCUT2D eigenvalue weighted by molar-refractivity contribution is 5.96. The molecule has 3 aromatic rings. The molecule has 0 unspecified atom stereocenters. The van der Waals surface area contributed by atoms with Crippen molar-refractivity contribution in [2.75, 3.05) is 43.9 Å². The third kappa shape index (κ3) is 9.41. The molecule has 4 rings (SSSR count). The number of hydrogen-bond acceptors (Lipinski definition) is 7. The number of likely N-dealkylation sites (tertiary alicyclic amines) is 1. The summed E-state index contributed by atoms with van der Waals surface area (Å²) in [7, 11) is 1.87. The van der Waals surface area contributed by atoms with Crippen LogP contribution in [0.3, 0.4) is 0 Å². The topological polar surface area (TPSA) is 133 Å². The highest BCUT2D eigenvalue weighted by Gasteiger charge is 2.43. The Morgan fingerprint density at radius 1 is 0.875 bits per heavy atom.